The molecule has 0 spiro atoms. The van der Waals surface area contributed by atoms with Crippen molar-refractivity contribution in [2.45, 2.75) is 12.0 Å². The Morgan fingerprint density at radius 3 is 2.32 bits per heavy atom. The van der Waals surface area contributed by atoms with Crippen LogP contribution in [0.1, 0.15) is 28.7 Å². The molecule has 2 N–H and O–H groups in total. The van der Waals surface area contributed by atoms with Gasteiger partial charge in [0.2, 0.25) is 12.5 Å². The number of carbonyl (C=O) groups is 1. The molecule has 38 heavy (non-hydrogen) atoms. The van der Waals surface area contributed by atoms with E-state index in [-0.39, 0.29) is 60.3 Å². The molecule has 4 aliphatic rings. The third-order valence-electron chi connectivity index (χ3n) is 7.94. The van der Waals surface area contributed by atoms with Crippen LogP contribution in [0.15, 0.2) is 24.3 Å². The summed E-state index contributed by atoms with van der Waals surface area (Å²) in [5.41, 5.74) is 2.82. The van der Waals surface area contributed by atoms with Crippen LogP contribution in [-0.4, -0.2) is 83.0 Å². The van der Waals surface area contributed by atoms with Crippen LogP contribution in [0.4, 0.5) is 0 Å². The number of halogens is 1. The van der Waals surface area contributed by atoms with Crippen molar-refractivity contribution >= 4 is 18.4 Å². The molecule has 0 radical (unpaired) electrons. The molecular formula is C27H33ClN2O8. The largest absolute Gasteiger partial charge is 0.502 e. The fraction of sp³-hybridized carbons (Fsp3) is 0.519. The summed E-state index contributed by atoms with van der Waals surface area (Å²) in [6, 6.07) is 7.45. The maximum absolute atomic E-state index is 13.2. The van der Waals surface area contributed by atoms with Gasteiger partial charge in [-0.2, -0.15) is 0 Å². The molecule has 3 heterocycles. The first kappa shape index (κ1) is 26.7. The van der Waals surface area contributed by atoms with E-state index in [1.807, 2.05) is 12.1 Å². The second-order valence-electron chi connectivity index (χ2n) is 9.79. The number of nitrogens with one attached hydrogen (secondary N) is 1. The van der Waals surface area contributed by atoms with Gasteiger partial charge in [-0.3, -0.25) is 9.69 Å². The quantitative estimate of drug-likeness (QED) is 0.501. The highest BCUT2D eigenvalue weighted by Crippen LogP contribution is 2.55. The number of esters is 1. The van der Waals surface area contributed by atoms with Gasteiger partial charge in [-0.05, 0) is 41.0 Å². The molecule has 2 fully saturated rings. The van der Waals surface area contributed by atoms with Crippen LogP contribution in [0.25, 0.3) is 0 Å². The number of methoxy groups -OCH3 is 2. The van der Waals surface area contributed by atoms with Crippen molar-refractivity contribution in [2.24, 2.45) is 11.8 Å². The lowest BCUT2D eigenvalue weighted by Gasteiger charge is -2.40. The van der Waals surface area contributed by atoms with Gasteiger partial charge in [0.1, 0.15) is 0 Å². The smallest absolute Gasteiger partial charge is 0.310 e. The minimum absolute atomic E-state index is 0. The number of morpholine rings is 1. The molecule has 0 bridgehead atoms. The molecule has 1 unspecified atom stereocenters. The van der Waals surface area contributed by atoms with Gasteiger partial charge >= 0.3 is 5.97 Å². The van der Waals surface area contributed by atoms with Crippen LogP contribution in [-0.2, 0) is 14.3 Å². The molecule has 6 rings (SSSR count). The van der Waals surface area contributed by atoms with Gasteiger partial charge in [0.15, 0.2) is 23.0 Å². The lowest BCUT2D eigenvalue weighted by atomic mass is 9.65. The fourth-order valence-electron chi connectivity index (χ4n) is 6.12. The van der Waals surface area contributed by atoms with Crippen molar-refractivity contribution in [2.75, 3.05) is 67.0 Å². The van der Waals surface area contributed by atoms with Crippen molar-refractivity contribution in [3.8, 4) is 28.7 Å². The summed E-state index contributed by atoms with van der Waals surface area (Å²) in [6.45, 7) is 5.49. The topological polar surface area (TPSA) is 108 Å². The number of aromatic hydroxyl groups is 1. The number of carbonyl (C=O) groups excluding carboxylic acids is 1. The molecule has 0 aromatic heterocycles. The lowest BCUT2D eigenvalue weighted by Crippen LogP contribution is -2.44. The van der Waals surface area contributed by atoms with Crippen LogP contribution < -0.4 is 24.3 Å². The summed E-state index contributed by atoms with van der Waals surface area (Å²) < 4.78 is 33.5. The number of rotatable bonds is 7. The standard InChI is InChI=1S/C27H32N2O8.ClH/c1-32-21-9-15(10-22(33-2)26(21)30)23-16-11-19-20(37-14-36-19)12-17(16)25(18-13-35-27(31)24(18)23)28-3-4-29-5-7-34-8-6-29;/h9-12,18,23-25,28,30H,3-8,13-14H2,1-2H3;1H/t18?,23-,24-,25+;/m0./s1. The number of fused-ring (bicyclic) bond motifs is 3. The Hall–Kier alpha value is -2.92. The molecule has 3 aliphatic heterocycles. The molecular weight excluding hydrogens is 516 g/mol. The number of ether oxygens (including phenoxy) is 6. The third kappa shape index (κ3) is 4.59. The molecule has 0 saturated carbocycles. The van der Waals surface area contributed by atoms with E-state index >= 15 is 0 Å². The first-order valence-electron chi connectivity index (χ1n) is 12.7. The van der Waals surface area contributed by atoms with Gasteiger partial charge in [0, 0.05) is 44.1 Å². The minimum Gasteiger partial charge on any atom is -0.502 e. The van der Waals surface area contributed by atoms with Crippen molar-refractivity contribution in [1.82, 2.24) is 10.2 Å². The molecule has 10 nitrogen and oxygen atoms in total. The minimum atomic E-state index is -0.423. The zero-order chi connectivity index (χ0) is 25.5. The summed E-state index contributed by atoms with van der Waals surface area (Å²) in [7, 11) is 2.98. The van der Waals surface area contributed by atoms with Gasteiger partial charge in [-0.15, -0.1) is 12.4 Å². The maximum atomic E-state index is 13.2. The Kier molecular flexibility index (Phi) is 7.76. The number of cyclic esters (lactones) is 1. The van der Waals surface area contributed by atoms with Crippen molar-refractivity contribution in [3.05, 3.63) is 41.0 Å². The van der Waals surface area contributed by atoms with Gasteiger partial charge in [0.25, 0.3) is 0 Å². The number of phenolic OH excluding ortho intramolecular Hbond substituents is 1. The molecule has 2 saturated heterocycles. The number of benzene rings is 2. The molecule has 1 aliphatic carbocycles. The first-order valence-corrected chi connectivity index (χ1v) is 12.7. The number of phenols is 1. The van der Waals surface area contributed by atoms with E-state index in [1.165, 1.54) is 14.2 Å². The predicted molar refractivity (Wildman–Crippen MR) is 139 cm³/mol. The number of hydrogen-bond acceptors (Lipinski definition) is 10. The van der Waals surface area contributed by atoms with E-state index in [2.05, 4.69) is 10.2 Å². The maximum Gasteiger partial charge on any atom is 0.310 e. The second-order valence-corrected chi connectivity index (χ2v) is 9.79. The Morgan fingerprint density at radius 2 is 1.66 bits per heavy atom. The first-order chi connectivity index (χ1) is 18.1. The molecule has 206 valence electrons. The van der Waals surface area contributed by atoms with Crippen LogP contribution >= 0.6 is 12.4 Å². The second kappa shape index (κ2) is 11.1. The lowest BCUT2D eigenvalue weighted by molar-refractivity contribution is -0.141. The fourth-order valence-corrected chi connectivity index (χ4v) is 6.12. The van der Waals surface area contributed by atoms with Crippen molar-refractivity contribution in [1.29, 1.82) is 0 Å². The van der Waals surface area contributed by atoms with E-state index < -0.39 is 5.92 Å². The van der Waals surface area contributed by atoms with E-state index in [9.17, 15) is 9.90 Å². The van der Waals surface area contributed by atoms with E-state index in [0.29, 0.717) is 18.1 Å². The highest BCUT2D eigenvalue weighted by molar-refractivity contribution is 5.85. The van der Waals surface area contributed by atoms with Crippen LogP contribution in [0.3, 0.4) is 0 Å². The Balaban J connectivity index is 0.00000294. The zero-order valence-electron chi connectivity index (χ0n) is 21.4. The van der Waals surface area contributed by atoms with Gasteiger partial charge in [0.05, 0.1) is 40.0 Å². The summed E-state index contributed by atoms with van der Waals surface area (Å²) >= 11 is 0. The highest BCUT2D eigenvalue weighted by Gasteiger charge is 2.52. The zero-order valence-corrected chi connectivity index (χ0v) is 22.3. The number of hydrogen-bond donors (Lipinski definition) is 2. The van der Waals surface area contributed by atoms with E-state index in [0.717, 1.165) is 56.1 Å². The van der Waals surface area contributed by atoms with Crippen LogP contribution in [0, 0.1) is 11.8 Å². The summed E-state index contributed by atoms with van der Waals surface area (Å²) in [6.07, 6.45) is 0. The summed E-state index contributed by atoms with van der Waals surface area (Å²) in [5, 5.41) is 14.3. The van der Waals surface area contributed by atoms with Crippen LogP contribution in [0.2, 0.25) is 0 Å². The normalized spacial score (nSPS) is 25.7. The average Bonchev–Trinajstić information content (AvgIpc) is 3.54. The van der Waals surface area contributed by atoms with Gasteiger partial charge < -0.3 is 38.8 Å². The van der Waals surface area contributed by atoms with Crippen LogP contribution in [0.5, 0.6) is 28.7 Å². The highest BCUT2D eigenvalue weighted by atomic mass is 35.5. The number of nitrogens with zero attached hydrogens (tertiary/aromatic N) is 1. The molecule has 2 aromatic rings. The van der Waals surface area contributed by atoms with E-state index in [4.69, 9.17) is 28.4 Å². The SMILES string of the molecule is COc1cc([C@H]2c3cc4c(cc3[C@@H](NCCN3CCOCC3)C3COC(=O)[C@@H]32)OCO4)cc(OC)c1O.Cl. The molecule has 11 heteroatoms. The Labute approximate surface area is 227 Å². The van der Waals surface area contributed by atoms with Crippen molar-refractivity contribution in [3.63, 3.8) is 0 Å². The predicted octanol–water partition coefficient (Wildman–Crippen LogP) is 2.46. The van der Waals surface area contributed by atoms with Crippen molar-refractivity contribution < 1.29 is 38.3 Å². The third-order valence-corrected chi connectivity index (χ3v) is 7.94. The summed E-state index contributed by atoms with van der Waals surface area (Å²) in [5.74, 6) is 0.753. The molecule has 2 aromatic carbocycles. The van der Waals surface area contributed by atoms with E-state index in [1.54, 1.807) is 12.1 Å². The van der Waals surface area contributed by atoms with Gasteiger partial charge in [-0.25, -0.2) is 0 Å². The summed E-state index contributed by atoms with van der Waals surface area (Å²) in [4.78, 5) is 15.6. The average molecular weight is 549 g/mol. The van der Waals surface area contributed by atoms with Gasteiger partial charge in [-0.1, -0.05) is 0 Å². The monoisotopic (exact) mass is 548 g/mol. The molecule has 0 amide bonds. The Morgan fingerprint density at radius 1 is 1.00 bits per heavy atom. The molecule has 4 atom stereocenters. The Bertz CT molecular complexity index is 1160.